The first kappa shape index (κ1) is 11.9. The van der Waals surface area contributed by atoms with Crippen molar-refractivity contribution in [2.45, 2.75) is 25.4 Å². The standard InChI is InChI=1S/C13H12BrFN2O/c14-9-3-8(4-10(15)5-9)13-17-12(7-18-13)6-16-11-1-2-11/h3-5,7,11,16H,1-2,6H2. The Hall–Kier alpha value is -1.20. The average Bonchev–Trinajstić information content (AvgIpc) is 3.02. The smallest absolute Gasteiger partial charge is 0.226 e. The summed E-state index contributed by atoms with van der Waals surface area (Å²) in [6, 6.07) is 5.23. The summed E-state index contributed by atoms with van der Waals surface area (Å²) in [5.41, 5.74) is 1.48. The number of benzene rings is 1. The van der Waals surface area contributed by atoms with E-state index in [1.807, 2.05) is 0 Å². The van der Waals surface area contributed by atoms with E-state index in [1.54, 1.807) is 12.3 Å². The summed E-state index contributed by atoms with van der Waals surface area (Å²) in [6.07, 6.45) is 4.09. The fourth-order valence-electron chi connectivity index (χ4n) is 1.73. The lowest BCUT2D eigenvalue weighted by Gasteiger charge is -1.98. The summed E-state index contributed by atoms with van der Waals surface area (Å²) in [5.74, 6) is 0.137. The minimum Gasteiger partial charge on any atom is -0.444 e. The topological polar surface area (TPSA) is 38.1 Å². The lowest BCUT2D eigenvalue weighted by Crippen LogP contribution is -2.15. The van der Waals surface area contributed by atoms with Crippen molar-refractivity contribution in [3.05, 3.63) is 40.4 Å². The van der Waals surface area contributed by atoms with Gasteiger partial charge >= 0.3 is 0 Å². The molecule has 1 fully saturated rings. The van der Waals surface area contributed by atoms with E-state index in [4.69, 9.17) is 4.42 Å². The molecule has 18 heavy (non-hydrogen) atoms. The highest BCUT2D eigenvalue weighted by Gasteiger charge is 2.20. The van der Waals surface area contributed by atoms with Gasteiger partial charge in [-0.15, -0.1) is 0 Å². The summed E-state index contributed by atoms with van der Waals surface area (Å²) in [6.45, 7) is 0.699. The van der Waals surface area contributed by atoms with Crippen molar-refractivity contribution in [3.63, 3.8) is 0 Å². The number of rotatable bonds is 4. The molecule has 0 aliphatic heterocycles. The Kier molecular flexibility index (Phi) is 3.18. The molecule has 0 saturated heterocycles. The lowest BCUT2D eigenvalue weighted by atomic mass is 10.2. The zero-order valence-electron chi connectivity index (χ0n) is 9.62. The molecule has 3 nitrogen and oxygen atoms in total. The van der Waals surface area contributed by atoms with Crippen LogP contribution in [0, 0.1) is 5.82 Å². The van der Waals surface area contributed by atoms with Gasteiger partial charge in [-0.25, -0.2) is 9.37 Å². The molecule has 3 rings (SSSR count). The van der Waals surface area contributed by atoms with E-state index >= 15 is 0 Å². The Balaban J connectivity index is 1.78. The molecule has 1 saturated carbocycles. The number of nitrogens with one attached hydrogen (secondary N) is 1. The predicted octanol–water partition coefficient (Wildman–Crippen LogP) is 3.50. The molecule has 1 aromatic carbocycles. The van der Waals surface area contributed by atoms with Crippen molar-refractivity contribution in [2.75, 3.05) is 0 Å². The highest BCUT2D eigenvalue weighted by atomic mass is 79.9. The summed E-state index contributed by atoms with van der Waals surface area (Å²) in [5, 5.41) is 3.35. The summed E-state index contributed by atoms with van der Waals surface area (Å²) in [4.78, 5) is 4.35. The van der Waals surface area contributed by atoms with Crippen molar-refractivity contribution >= 4 is 15.9 Å². The fraction of sp³-hybridized carbons (Fsp3) is 0.308. The molecule has 1 aromatic heterocycles. The molecule has 2 aromatic rings. The molecule has 0 spiro atoms. The van der Waals surface area contributed by atoms with Gasteiger partial charge in [0.1, 0.15) is 12.1 Å². The average molecular weight is 311 g/mol. The van der Waals surface area contributed by atoms with Crippen molar-refractivity contribution < 1.29 is 8.81 Å². The molecule has 0 atom stereocenters. The second-order valence-corrected chi connectivity index (χ2v) is 5.37. The van der Waals surface area contributed by atoms with E-state index in [2.05, 4.69) is 26.2 Å². The third-order valence-electron chi connectivity index (χ3n) is 2.81. The van der Waals surface area contributed by atoms with Crippen LogP contribution in [0.2, 0.25) is 0 Å². The monoisotopic (exact) mass is 310 g/mol. The molecule has 1 heterocycles. The third kappa shape index (κ3) is 2.79. The zero-order valence-corrected chi connectivity index (χ0v) is 11.2. The van der Waals surface area contributed by atoms with Crippen LogP contribution < -0.4 is 5.32 Å². The maximum absolute atomic E-state index is 13.3. The van der Waals surface area contributed by atoms with E-state index in [9.17, 15) is 4.39 Å². The number of hydrogen-bond donors (Lipinski definition) is 1. The third-order valence-corrected chi connectivity index (χ3v) is 3.27. The Morgan fingerprint density at radius 2 is 2.22 bits per heavy atom. The molecular weight excluding hydrogens is 299 g/mol. The molecule has 5 heteroatoms. The SMILES string of the molecule is Fc1cc(Br)cc(-c2nc(CNC3CC3)co2)c1. The first-order valence-corrected chi connectivity index (χ1v) is 6.64. The van der Waals surface area contributed by atoms with Gasteiger partial charge in [-0.05, 0) is 31.0 Å². The minimum atomic E-state index is -0.310. The summed E-state index contributed by atoms with van der Waals surface area (Å²) < 4.78 is 19.3. The van der Waals surface area contributed by atoms with Crippen LogP contribution in [-0.4, -0.2) is 11.0 Å². The van der Waals surface area contributed by atoms with E-state index in [-0.39, 0.29) is 5.82 Å². The van der Waals surface area contributed by atoms with Crippen molar-refractivity contribution in [1.82, 2.24) is 10.3 Å². The quantitative estimate of drug-likeness (QED) is 0.939. The Morgan fingerprint density at radius 3 is 2.94 bits per heavy atom. The molecule has 0 radical (unpaired) electrons. The highest BCUT2D eigenvalue weighted by Crippen LogP contribution is 2.24. The normalized spacial score (nSPS) is 15.0. The molecule has 1 aliphatic rings. The van der Waals surface area contributed by atoms with Gasteiger partial charge in [0, 0.05) is 22.6 Å². The fourth-order valence-corrected chi connectivity index (χ4v) is 2.20. The molecule has 0 amide bonds. The molecule has 0 unspecified atom stereocenters. The summed E-state index contributed by atoms with van der Waals surface area (Å²) >= 11 is 3.25. The first-order valence-electron chi connectivity index (χ1n) is 5.85. The summed E-state index contributed by atoms with van der Waals surface area (Å²) in [7, 11) is 0. The van der Waals surface area contributed by atoms with Gasteiger partial charge in [0.15, 0.2) is 0 Å². The Bertz CT molecular complexity index is 546. The highest BCUT2D eigenvalue weighted by molar-refractivity contribution is 9.10. The van der Waals surface area contributed by atoms with Crippen LogP contribution in [0.4, 0.5) is 4.39 Å². The van der Waals surface area contributed by atoms with Crippen LogP contribution in [-0.2, 0) is 6.54 Å². The van der Waals surface area contributed by atoms with Gasteiger partial charge in [0.2, 0.25) is 5.89 Å². The maximum atomic E-state index is 13.3. The molecule has 0 bridgehead atoms. The van der Waals surface area contributed by atoms with Crippen molar-refractivity contribution in [1.29, 1.82) is 0 Å². The largest absolute Gasteiger partial charge is 0.444 e. The molecule has 1 aliphatic carbocycles. The Labute approximate surface area is 113 Å². The molecule has 94 valence electrons. The van der Waals surface area contributed by atoms with Crippen LogP contribution >= 0.6 is 15.9 Å². The minimum absolute atomic E-state index is 0.310. The van der Waals surface area contributed by atoms with Gasteiger partial charge in [-0.3, -0.25) is 0 Å². The van der Waals surface area contributed by atoms with Gasteiger partial charge in [-0.2, -0.15) is 0 Å². The lowest BCUT2D eigenvalue weighted by molar-refractivity contribution is 0.568. The second-order valence-electron chi connectivity index (χ2n) is 4.46. The van der Waals surface area contributed by atoms with Gasteiger partial charge < -0.3 is 9.73 Å². The van der Waals surface area contributed by atoms with Crippen LogP contribution in [0.5, 0.6) is 0 Å². The zero-order chi connectivity index (χ0) is 12.5. The van der Waals surface area contributed by atoms with Crippen LogP contribution in [0.15, 0.2) is 33.4 Å². The van der Waals surface area contributed by atoms with E-state index in [0.717, 1.165) is 5.69 Å². The number of aromatic nitrogens is 1. The first-order chi connectivity index (χ1) is 8.70. The molecule has 1 N–H and O–H groups in total. The van der Waals surface area contributed by atoms with Gasteiger partial charge in [0.25, 0.3) is 0 Å². The Morgan fingerprint density at radius 1 is 1.39 bits per heavy atom. The number of halogens is 2. The molecular formula is C13H12BrFN2O. The van der Waals surface area contributed by atoms with E-state index < -0.39 is 0 Å². The van der Waals surface area contributed by atoms with E-state index in [0.29, 0.717) is 28.5 Å². The van der Waals surface area contributed by atoms with Gasteiger partial charge in [0.05, 0.1) is 5.69 Å². The second kappa shape index (κ2) is 4.82. The maximum Gasteiger partial charge on any atom is 0.226 e. The number of hydrogen-bond acceptors (Lipinski definition) is 3. The van der Waals surface area contributed by atoms with Gasteiger partial charge in [-0.1, -0.05) is 15.9 Å². The number of oxazole rings is 1. The van der Waals surface area contributed by atoms with Crippen molar-refractivity contribution in [2.24, 2.45) is 0 Å². The van der Waals surface area contributed by atoms with Crippen LogP contribution in [0.3, 0.4) is 0 Å². The van der Waals surface area contributed by atoms with E-state index in [1.165, 1.54) is 25.0 Å². The predicted molar refractivity (Wildman–Crippen MR) is 69.5 cm³/mol. The van der Waals surface area contributed by atoms with Crippen LogP contribution in [0.25, 0.3) is 11.5 Å². The van der Waals surface area contributed by atoms with Crippen molar-refractivity contribution in [3.8, 4) is 11.5 Å². The number of nitrogens with zero attached hydrogens (tertiary/aromatic N) is 1. The van der Waals surface area contributed by atoms with Crippen LogP contribution in [0.1, 0.15) is 18.5 Å².